The molecule has 2 aromatic rings. The number of aryl methyl sites for hydroxylation is 1. The summed E-state index contributed by atoms with van der Waals surface area (Å²) in [7, 11) is 1.99. The molecule has 2 rings (SSSR count). The lowest BCUT2D eigenvalue weighted by molar-refractivity contribution is 0.102. The number of hydrogen-bond acceptors (Lipinski definition) is 5. The van der Waals surface area contributed by atoms with E-state index in [0.29, 0.717) is 0 Å². The zero-order valence-corrected chi connectivity index (χ0v) is 13.6. The minimum atomic E-state index is 0.0860. The first-order chi connectivity index (χ1) is 8.47. The van der Waals surface area contributed by atoms with Crippen LogP contribution in [0.1, 0.15) is 27.9 Å². The third kappa shape index (κ3) is 2.99. The van der Waals surface area contributed by atoms with E-state index < -0.39 is 0 Å². The van der Waals surface area contributed by atoms with Crippen LogP contribution < -0.4 is 4.90 Å². The van der Waals surface area contributed by atoms with Crippen molar-refractivity contribution in [1.29, 1.82) is 0 Å². The summed E-state index contributed by atoms with van der Waals surface area (Å²) in [5.41, 5.74) is 2.06. The van der Waals surface area contributed by atoms with Crippen LogP contribution in [0.2, 0.25) is 0 Å². The maximum absolute atomic E-state index is 11.4. The zero-order chi connectivity index (χ0) is 13.3. The van der Waals surface area contributed by atoms with E-state index >= 15 is 0 Å². The number of nitrogens with zero attached hydrogens (tertiary/aromatic N) is 2. The van der Waals surface area contributed by atoms with Gasteiger partial charge in [-0.1, -0.05) is 11.3 Å². The van der Waals surface area contributed by atoms with Crippen molar-refractivity contribution < 1.29 is 4.79 Å². The van der Waals surface area contributed by atoms with E-state index in [1.807, 2.05) is 14.0 Å². The molecule has 0 aromatic carbocycles. The standard InChI is InChI=1S/C12H13BrN2OS2/c1-7-11(8(2)16)18-12(14-7)15(3)5-9-4-10(13)17-6-9/h4,6H,5H2,1-3H3. The van der Waals surface area contributed by atoms with Crippen LogP contribution in [0.25, 0.3) is 0 Å². The molecule has 2 aromatic heterocycles. The van der Waals surface area contributed by atoms with Crippen LogP contribution in [0.3, 0.4) is 0 Å². The molecule has 0 bridgehead atoms. The minimum absolute atomic E-state index is 0.0860. The molecule has 0 spiro atoms. The number of Topliss-reactive ketones (excluding diaryl/α,β-unsaturated/α-hetero) is 1. The number of thiophene rings is 1. The molecule has 0 radical (unpaired) electrons. The second-order valence-corrected chi connectivity index (χ2v) is 7.35. The van der Waals surface area contributed by atoms with Gasteiger partial charge >= 0.3 is 0 Å². The van der Waals surface area contributed by atoms with E-state index in [9.17, 15) is 4.79 Å². The Morgan fingerprint density at radius 1 is 1.56 bits per heavy atom. The topological polar surface area (TPSA) is 33.2 Å². The molecule has 96 valence electrons. The van der Waals surface area contributed by atoms with Crippen molar-refractivity contribution in [2.45, 2.75) is 20.4 Å². The quantitative estimate of drug-likeness (QED) is 0.782. The Kier molecular flexibility index (Phi) is 4.19. The molecule has 0 amide bonds. The summed E-state index contributed by atoms with van der Waals surface area (Å²) in [6.45, 7) is 4.26. The second-order valence-electron chi connectivity index (χ2n) is 4.08. The number of thiazole rings is 1. The van der Waals surface area contributed by atoms with Crippen LogP contribution in [0.5, 0.6) is 0 Å². The predicted molar refractivity (Wildman–Crippen MR) is 81.0 cm³/mol. The van der Waals surface area contributed by atoms with Crippen molar-refractivity contribution in [3.05, 3.63) is 31.4 Å². The maximum Gasteiger partial charge on any atom is 0.186 e. The van der Waals surface area contributed by atoms with Crippen molar-refractivity contribution >= 4 is 49.5 Å². The van der Waals surface area contributed by atoms with Crippen LogP contribution >= 0.6 is 38.6 Å². The second kappa shape index (κ2) is 5.50. The lowest BCUT2D eigenvalue weighted by Gasteiger charge is -2.14. The summed E-state index contributed by atoms with van der Waals surface area (Å²) >= 11 is 6.59. The number of aromatic nitrogens is 1. The average molecular weight is 345 g/mol. The van der Waals surface area contributed by atoms with Gasteiger partial charge in [0.2, 0.25) is 0 Å². The number of carbonyl (C=O) groups is 1. The third-order valence-corrected chi connectivity index (χ3v) is 5.40. The molecule has 6 heteroatoms. The molecule has 0 saturated heterocycles. The molecule has 0 N–H and O–H groups in total. The highest BCUT2D eigenvalue weighted by Crippen LogP contribution is 2.28. The fourth-order valence-electron chi connectivity index (χ4n) is 1.64. The van der Waals surface area contributed by atoms with Gasteiger partial charge < -0.3 is 4.90 Å². The summed E-state index contributed by atoms with van der Waals surface area (Å²) in [4.78, 5) is 18.7. The van der Waals surface area contributed by atoms with Gasteiger partial charge in [0.25, 0.3) is 0 Å². The van der Waals surface area contributed by atoms with E-state index in [1.165, 1.54) is 16.9 Å². The number of ketones is 1. The summed E-state index contributed by atoms with van der Waals surface area (Å²) in [5.74, 6) is 0.0860. The molecular formula is C12H13BrN2OS2. The Morgan fingerprint density at radius 3 is 2.78 bits per heavy atom. The normalized spacial score (nSPS) is 10.7. The van der Waals surface area contributed by atoms with Crippen molar-refractivity contribution in [2.75, 3.05) is 11.9 Å². The summed E-state index contributed by atoms with van der Waals surface area (Å²) in [5, 5.41) is 3.01. The predicted octanol–water partition coefficient (Wildman–Crippen LogP) is 4.11. The molecule has 0 saturated carbocycles. The number of hydrogen-bond donors (Lipinski definition) is 0. The van der Waals surface area contributed by atoms with Crippen molar-refractivity contribution in [3.8, 4) is 0 Å². The van der Waals surface area contributed by atoms with E-state index in [2.05, 4.69) is 37.3 Å². The first-order valence-electron chi connectivity index (χ1n) is 5.40. The van der Waals surface area contributed by atoms with Gasteiger partial charge in [-0.25, -0.2) is 4.98 Å². The summed E-state index contributed by atoms with van der Waals surface area (Å²) in [6, 6.07) is 2.10. The third-order valence-electron chi connectivity index (χ3n) is 2.47. The van der Waals surface area contributed by atoms with Crippen LogP contribution in [0, 0.1) is 6.92 Å². The molecule has 0 aliphatic rings. The van der Waals surface area contributed by atoms with E-state index in [0.717, 1.165) is 26.0 Å². The summed E-state index contributed by atoms with van der Waals surface area (Å²) < 4.78 is 1.13. The SMILES string of the molecule is CC(=O)c1sc(N(C)Cc2csc(Br)c2)nc1C. The van der Waals surface area contributed by atoms with Gasteiger partial charge in [-0.2, -0.15) is 0 Å². The average Bonchev–Trinajstić information content (AvgIpc) is 2.85. The fourth-order valence-corrected chi connectivity index (χ4v) is 3.77. The van der Waals surface area contributed by atoms with Gasteiger partial charge in [-0.05, 0) is 39.9 Å². The van der Waals surface area contributed by atoms with Crippen molar-refractivity contribution in [3.63, 3.8) is 0 Å². The van der Waals surface area contributed by atoms with E-state index in [-0.39, 0.29) is 5.78 Å². The lowest BCUT2D eigenvalue weighted by Crippen LogP contribution is -2.15. The first kappa shape index (κ1) is 13.7. The minimum Gasteiger partial charge on any atom is -0.347 e. The van der Waals surface area contributed by atoms with Gasteiger partial charge in [0, 0.05) is 20.5 Å². The van der Waals surface area contributed by atoms with E-state index in [4.69, 9.17) is 0 Å². The Labute approximate surface area is 123 Å². The highest BCUT2D eigenvalue weighted by Gasteiger charge is 2.14. The molecule has 0 atom stereocenters. The van der Waals surface area contributed by atoms with Gasteiger partial charge in [0.05, 0.1) is 14.4 Å². The molecule has 3 nitrogen and oxygen atoms in total. The Morgan fingerprint density at radius 2 is 2.28 bits per heavy atom. The van der Waals surface area contributed by atoms with Gasteiger partial charge in [-0.15, -0.1) is 11.3 Å². The first-order valence-corrected chi connectivity index (χ1v) is 7.88. The number of halogens is 1. The van der Waals surface area contributed by atoms with Crippen LogP contribution in [-0.4, -0.2) is 17.8 Å². The smallest absolute Gasteiger partial charge is 0.186 e. The molecule has 0 aliphatic carbocycles. The molecule has 0 unspecified atom stereocenters. The van der Waals surface area contributed by atoms with Crippen LogP contribution in [0.15, 0.2) is 15.2 Å². The number of rotatable bonds is 4. The van der Waals surface area contributed by atoms with E-state index in [1.54, 1.807) is 18.3 Å². The lowest BCUT2D eigenvalue weighted by atomic mass is 10.3. The molecule has 2 heterocycles. The molecule has 0 fully saturated rings. The number of carbonyl (C=O) groups excluding carboxylic acids is 1. The van der Waals surface area contributed by atoms with Crippen molar-refractivity contribution in [1.82, 2.24) is 4.98 Å². The largest absolute Gasteiger partial charge is 0.347 e. The Bertz CT molecular complexity index is 576. The highest BCUT2D eigenvalue weighted by atomic mass is 79.9. The van der Waals surface area contributed by atoms with Crippen molar-refractivity contribution in [2.24, 2.45) is 0 Å². The van der Waals surface area contributed by atoms with Gasteiger partial charge in [0.1, 0.15) is 0 Å². The highest BCUT2D eigenvalue weighted by molar-refractivity contribution is 9.11. The zero-order valence-electron chi connectivity index (χ0n) is 10.4. The van der Waals surface area contributed by atoms with Gasteiger partial charge in [0.15, 0.2) is 10.9 Å². The number of anilines is 1. The Balaban J connectivity index is 2.16. The van der Waals surface area contributed by atoms with Crippen LogP contribution in [0.4, 0.5) is 5.13 Å². The summed E-state index contributed by atoms with van der Waals surface area (Å²) in [6.07, 6.45) is 0. The fraction of sp³-hybridized carbons (Fsp3) is 0.333. The molecule has 18 heavy (non-hydrogen) atoms. The molecular weight excluding hydrogens is 332 g/mol. The monoisotopic (exact) mass is 344 g/mol. The Hall–Kier alpha value is -0.720. The van der Waals surface area contributed by atoms with Gasteiger partial charge in [-0.3, -0.25) is 4.79 Å². The maximum atomic E-state index is 11.4. The molecule has 0 aliphatic heterocycles. The van der Waals surface area contributed by atoms with Crippen LogP contribution in [-0.2, 0) is 6.54 Å².